The van der Waals surface area contributed by atoms with Crippen LogP contribution in [0.25, 0.3) is 5.69 Å². The fraction of sp³-hybridized carbons (Fsp3) is 0.200. The highest BCUT2D eigenvalue weighted by atomic mass is 16.5. The lowest BCUT2D eigenvalue weighted by Crippen LogP contribution is -2.36. The van der Waals surface area contributed by atoms with E-state index in [2.05, 4.69) is 38.9 Å². The lowest BCUT2D eigenvalue weighted by Gasteiger charge is -2.13. The second kappa shape index (κ2) is 8.71. The van der Waals surface area contributed by atoms with Gasteiger partial charge >= 0.3 is 0 Å². The van der Waals surface area contributed by atoms with Gasteiger partial charge in [0.2, 0.25) is 0 Å². The Bertz CT molecular complexity index is 858. The van der Waals surface area contributed by atoms with Gasteiger partial charge in [0.05, 0.1) is 12.8 Å². The molecule has 0 aliphatic heterocycles. The average molecular weight is 349 g/mol. The third-order valence-corrected chi connectivity index (χ3v) is 3.96. The predicted octanol–water partition coefficient (Wildman–Crippen LogP) is 2.75. The quantitative estimate of drug-likeness (QED) is 0.531. The van der Waals surface area contributed by atoms with Crippen molar-refractivity contribution in [2.75, 3.05) is 14.2 Å². The summed E-state index contributed by atoms with van der Waals surface area (Å²) >= 11 is 0. The SMILES string of the molecule is CN=C(NCc1cccc(OC)c1)NCc1cccc(-n2cccn2)c1. The lowest BCUT2D eigenvalue weighted by atomic mass is 10.2. The van der Waals surface area contributed by atoms with Gasteiger partial charge in [0.1, 0.15) is 5.75 Å². The van der Waals surface area contributed by atoms with Crippen molar-refractivity contribution < 1.29 is 4.74 Å². The normalized spacial score (nSPS) is 11.2. The van der Waals surface area contributed by atoms with Crippen molar-refractivity contribution in [1.29, 1.82) is 0 Å². The highest BCUT2D eigenvalue weighted by Crippen LogP contribution is 2.12. The first kappa shape index (κ1) is 17.5. The Kier molecular flexibility index (Phi) is 5.88. The molecule has 1 heterocycles. The monoisotopic (exact) mass is 349 g/mol. The highest BCUT2D eigenvalue weighted by Gasteiger charge is 2.02. The Hall–Kier alpha value is -3.28. The second-order valence-electron chi connectivity index (χ2n) is 5.75. The van der Waals surface area contributed by atoms with Crippen LogP contribution < -0.4 is 15.4 Å². The van der Waals surface area contributed by atoms with Crippen molar-refractivity contribution in [2.24, 2.45) is 4.99 Å². The van der Waals surface area contributed by atoms with Crippen molar-refractivity contribution >= 4 is 5.96 Å². The molecule has 0 radical (unpaired) electrons. The molecule has 0 aliphatic carbocycles. The standard InChI is InChI=1S/C20H23N5O/c1-21-20(23-15-17-7-4-9-19(13-17)26-2)22-14-16-6-3-8-18(12-16)25-11-5-10-24-25/h3-13H,14-15H2,1-2H3,(H2,21,22,23). The van der Waals surface area contributed by atoms with Crippen LogP contribution in [0.15, 0.2) is 72.0 Å². The molecule has 6 heteroatoms. The summed E-state index contributed by atoms with van der Waals surface area (Å²) in [6.07, 6.45) is 3.70. The number of guanidine groups is 1. The highest BCUT2D eigenvalue weighted by molar-refractivity contribution is 5.79. The van der Waals surface area contributed by atoms with Crippen LogP contribution >= 0.6 is 0 Å². The number of nitrogens with zero attached hydrogens (tertiary/aromatic N) is 3. The van der Waals surface area contributed by atoms with Crippen molar-refractivity contribution in [1.82, 2.24) is 20.4 Å². The molecule has 0 atom stereocenters. The third-order valence-electron chi connectivity index (χ3n) is 3.96. The number of hydrogen-bond acceptors (Lipinski definition) is 3. The van der Waals surface area contributed by atoms with E-state index < -0.39 is 0 Å². The first-order valence-electron chi connectivity index (χ1n) is 8.45. The van der Waals surface area contributed by atoms with E-state index in [1.165, 1.54) is 0 Å². The number of aromatic nitrogens is 2. The molecule has 26 heavy (non-hydrogen) atoms. The van der Waals surface area contributed by atoms with Crippen LogP contribution in [0.3, 0.4) is 0 Å². The molecular weight excluding hydrogens is 326 g/mol. The molecule has 0 saturated carbocycles. The molecular formula is C20H23N5O. The Morgan fingerprint density at radius 3 is 2.42 bits per heavy atom. The number of aliphatic imine (C=N–C) groups is 1. The molecule has 1 aromatic heterocycles. The minimum Gasteiger partial charge on any atom is -0.497 e. The molecule has 134 valence electrons. The smallest absolute Gasteiger partial charge is 0.191 e. The number of benzene rings is 2. The van der Waals surface area contributed by atoms with E-state index in [0.29, 0.717) is 13.1 Å². The summed E-state index contributed by atoms with van der Waals surface area (Å²) in [6, 6.07) is 18.1. The van der Waals surface area contributed by atoms with Gasteiger partial charge in [0.25, 0.3) is 0 Å². The second-order valence-corrected chi connectivity index (χ2v) is 5.75. The van der Waals surface area contributed by atoms with Crippen molar-refractivity contribution in [3.63, 3.8) is 0 Å². The summed E-state index contributed by atoms with van der Waals surface area (Å²) in [7, 11) is 3.44. The zero-order valence-corrected chi connectivity index (χ0v) is 15.0. The van der Waals surface area contributed by atoms with Crippen LogP contribution in [0.1, 0.15) is 11.1 Å². The first-order valence-corrected chi connectivity index (χ1v) is 8.45. The summed E-state index contributed by atoms with van der Waals surface area (Å²) < 4.78 is 7.10. The van der Waals surface area contributed by atoms with Gasteiger partial charge in [-0.1, -0.05) is 24.3 Å². The predicted molar refractivity (Wildman–Crippen MR) is 104 cm³/mol. The van der Waals surface area contributed by atoms with E-state index in [0.717, 1.165) is 28.5 Å². The molecule has 3 rings (SSSR count). The lowest BCUT2D eigenvalue weighted by molar-refractivity contribution is 0.414. The molecule has 3 aromatic rings. The fourth-order valence-electron chi connectivity index (χ4n) is 2.61. The Balaban J connectivity index is 1.56. The maximum absolute atomic E-state index is 5.25. The molecule has 0 amide bonds. The zero-order valence-electron chi connectivity index (χ0n) is 15.0. The van der Waals surface area contributed by atoms with E-state index >= 15 is 0 Å². The maximum Gasteiger partial charge on any atom is 0.191 e. The molecule has 0 aliphatic rings. The van der Waals surface area contributed by atoms with Gasteiger partial charge in [0.15, 0.2) is 5.96 Å². The van der Waals surface area contributed by atoms with Crippen LogP contribution in [0.4, 0.5) is 0 Å². The summed E-state index contributed by atoms with van der Waals surface area (Å²) in [5.41, 5.74) is 3.32. The van der Waals surface area contributed by atoms with Gasteiger partial charge < -0.3 is 15.4 Å². The molecule has 0 saturated heterocycles. The molecule has 2 N–H and O–H groups in total. The van der Waals surface area contributed by atoms with Gasteiger partial charge in [-0.2, -0.15) is 5.10 Å². The summed E-state index contributed by atoms with van der Waals surface area (Å²) in [6.45, 7) is 1.34. The number of ether oxygens (including phenoxy) is 1. The minimum absolute atomic E-state index is 0.671. The zero-order chi connectivity index (χ0) is 18.2. The van der Waals surface area contributed by atoms with Crippen molar-refractivity contribution in [3.05, 3.63) is 78.1 Å². The third kappa shape index (κ3) is 4.63. The molecule has 0 spiro atoms. The number of rotatable bonds is 6. The van der Waals surface area contributed by atoms with Gasteiger partial charge in [-0.25, -0.2) is 4.68 Å². The van der Waals surface area contributed by atoms with Gasteiger partial charge in [0, 0.05) is 32.5 Å². The van der Waals surface area contributed by atoms with Crippen LogP contribution in [-0.2, 0) is 13.1 Å². The number of hydrogen-bond donors (Lipinski definition) is 2. The van der Waals surface area contributed by atoms with Crippen LogP contribution in [-0.4, -0.2) is 29.9 Å². The molecule has 0 bridgehead atoms. The Morgan fingerprint density at radius 1 is 1.04 bits per heavy atom. The number of nitrogens with one attached hydrogen (secondary N) is 2. The fourth-order valence-corrected chi connectivity index (χ4v) is 2.61. The van der Waals surface area contributed by atoms with E-state index in [9.17, 15) is 0 Å². The Morgan fingerprint density at radius 2 is 1.77 bits per heavy atom. The largest absolute Gasteiger partial charge is 0.497 e. The maximum atomic E-state index is 5.25. The van der Waals surface area contributed by atoms with E-state index in [-0.39, 0.29) is 0 Å². The summed E-state index contributed by atoms with van der Waals surface area (Å²) in [5.74, 6) is 1.60. The van der Waals surface area contributed by atoms with Crippen LogP contribution in [0, 0.1) is 0 Å². The molecule has 6 nitrogen and oxygen atoms in total. The summed E-state index contributed by atoms with van der Waals surface area (Å²) in [5, 5.41) is 10.9. The van der Waals surface area contributed by atoms with Crippen LogP contribution in [0.5, 0.6) is 5.75 Å². The van der Waals surface area contributed by atoms with Crippen molar-refractivity contribution in [2.45, 2.75) is 13.1 Å². The van der Waals surface area contributed by atoms with Gasteiger partial charge in [-0.05, 0) is 41.5 Å². The minimum atomic E-state index is 0.671. The van der Waals surface area contributed by atoms with Crippen LogP contribution in [0.2, 0.25) is 0 Å². The molecule has 0 fully saturated rings. The van der Waals surface area contributed by atoms with E-state index in [1.54, 1.807) is 20.4 Å². The Labute approximate surface area is 153 Å². The van der Waals surface area contributed by atoms with Gasteiger partial charge in [-0.3, -0.25) is 4.99 Å². The number of methoxy groups -OCH3 is 1. The topological polar surface area (TPSA) is 63.5 Å². The van der Waals surface area contributed by atoms with Crippen molar-refractivity contribution in [3.8, 4) is 11.4 Å². The van der Waals surface area contributed by atoms with E-state index in [4.69, 9.17) is 4.74 Å². The van der Waals surface area contributed by atoms with Gasteiger partial charge in [-0.15, -0.1) is 0 Å². The molecule has 0 unspecified atom stereocenters. The van der Waals surface area contributed by atoms with E-state index in [1.807, 2.05) is 47.3 Å². The average Bonchev–Trinajstić information content (AvgIpc) is 3.23. The first-order chi connectivity index (χ1) is 12.8. The molecule has 2 aromatic carbocycles. The summed E-state index contributed by atoms with van der Waals surface area (Å²) in [4.78, 5) is 4.28.